The number of hydrogen-bond acceptors (Lipinski definition) is 4. The number of ether oxygens (including phenoxy) is 1. The van der Waals surface area contributed by atoms with E-state index in [4.69, 9.17) is 9.84 Å². The van der Waals surface area contributed by atoms with E-state index in [-0.39, 0.29) is 25.6 Å². The van der Waals surface area contributed by atoms with Gasteiger partial charge in [-0.3, -0.25) is 9.59 Å². The maximum absolute atomic E-state index is 12.0. The molecule has 0 aliphatic rings. The van der Waals surface area contributed by atoms with E-state index in [9.17, 15) is 14.7 Å². The molecule has 0 spiro atoms. The van der Waals surface area contributed by atoms with Crippen molar-refractivity contribution in [2.24, 2.45) is 11.3 Å². The molecule has 0 aromatic heterocycles. The average Bonchev–Trinajstić information content (AvgIpc) is 2.28. The van der Waals surface area contributed by atoms with Crippen molar-refractivity contribution < 1.29 is 24.5 Å². The lowest BCUT2D eigenvalue weighted by Crippen LogP contribution is -2.45. The summed E-state index contributed by atoms with van der Waals surface area (Å²) in [7, 11) is 0. The molecule has 0 radical (unpaired) electrons. The smallest absolute Gasteiger partial charge is 0.323 e. The van der Waals surface area contributed by atoms with Crippen molar-refractivity contribution >= 4 is 11.9 Å². The van der Waals surface area contributed by atoms with Crippen molar-refractivity contribution in [2.75, 3.05) is 13.2 Å². The molecular formula is C13H24O5. The number of unbranched alkanes of at least 4 members (excludes halogenated alkanes) is 2. The van der Waals surface area contributed by atoms with Crippen LogP contribution in [0, 0.1) is 11.3 Å². The minimum atomic E-state index is -1.47. The van der Waals surface area contributed by atoms with E-state index in [1.165, 1.54) is 0 Å². The Morgan fingerprint density at radius 3 is 2.22 bits per heavy atom. The van der Waals surface area contributed by atoms with Crippen LogP contribution < -0.4 is 0 Å². The van der Waals surface area contributed by atoms with Gasteiger partial charge in [0.15, 0.2) is 5.41 Å². The highest BCUT2D eigenvalue weighted by atomic mass is 16.5. The molecule has 0 aromatic rings. The maximum atomic E-state index is 12.0. The first kappa shape index (κ1) is 16.9. The van der Waals surface area contributed by atoms with Crippen molar-refractivity contribution in [1.29, 1.82) is 0 Å². The first-order chi connectivity index (χ1) is 8.43. The highest BCUT2D eigenvalue weighted by Crippen LogP contribution is 2.35. The first-order valence-electron chi connectivity index (χ1n) is 6.44. The molecular weight excluding hydrogens is 236 g/mol. The van der Waals surface area contributed by atoms with Gasteiger partial charge in [0, 0.05) is 6.61 Å². The standard InChI is InChI=1S/C13H24O5/c1-4-18-12(17)13(10(2)3,11(15)16)8-6-5-7-9-14/h10,14H,4-9H2,1-3H3,(H,15,16). The van der Waals surface area contributed by atoms with E-state index in [0.717, 1.165) is 0 Å². The topological polar surface area (TPSA) is 83.8 Å². The molecule has 106 valence electrons. The second-order valence-corrected chi connectivity index (χ2v) is 4.69. The number of rotatable bonds is 9. The van der Waals surface area contributed by atoms with Gasteiger partial charge in [-0.2, -0.15) is 0 Å². The Bertz CT molecular complexity index is 275. The van der Waals surface area contributed by atoms with Crippen LogP contribution in [-0.2, 0) is 14.3 Å². The molecule has 0 aliphatic carbocycles. The quantitative estimate of drug-likeness (QED) is 0.375. The minimum absolute atomic E-state index is 0.0845. The Morgan fingerprint density at radius 2 is 1.83 bits per heavy atom. The lowest BCUT2D eigenvalue weighted by Gasteiger charge is -2.30. The molecule has 5 nitrogen and oxygen atoms in total. The Morgan fingerprint density at radius 1 is 1.22 bits per heavy atom. The van der Waals surface area contributed by atoms with E-state index in [1.54, 1.807) is 20.8 Å². The van der Waals surface area contributed by atoms with E-state index in [2.05, 4.69) is 0 Å². The molecule has 0 heterocycles. The third kappa shape index (κ3) is 3.98. The zero-order valence-electron chi connectivity index (χ0n) is 11.4. The monoisotopic (exact) mass is 260 g/mol. The van der Waals surface area contributed by atoms with Crippen LogP contribution in [0.2, 0.25) is 0 Å². The molecule has 0 amide bonds. The van der Waals surface area contributed by atoms with Crippen LogP contribution in [0.4, 0.5) is 0 Å². The van der Waals surface area contributed by atoms with Crippen LogP contribution in [0.25, 0.3) is 0 Å². The van der Waals surface area contributed by atoms with Gasteiger partial charge in [0.05, 0.1) is 6.61 Å². The summed E-state index contributed by atoms with van der Waals surface area (Å²) in [6.45, 7) is 5.36. The van der Waals surface area contributed by atoms with Crippen LogP contribution >= 0.6 is 0 Å². The van der Waals surface area contributed by atoms with Crippen molar-refractivity contribution in [1.82, 2.24) is 0 Å². The Kier molecular flexibility index (Phi) is 7.59. The normalized spacial score (nSPS) is 14.3. The number of carboxylic acids is 1. The molecule has 0 fully saturated rings. The lowest BCUT2D eigenvalue weighted by atomic mass is 9.73. The molecule has 1 atom stereocenters. The summed E-state index contributed by atoms with van der Waals surface area (Å²) >= 11 is 0. The Balaban J connectivity index is 4.87. The Labute approximate surface area is 108 Å². The number of esters is 1. The lowest BCUT2D eigenvalue weighted by molar-refractivity contribution is -0.173. The summed E-state index contributed by atoms with van der Waals surface area (Å²) in [6.07, 6.45) is 2.16. The third-order valence-corrected chi connectivity index (χ3v) is 3.24. The largest absolute Gasteiger partial charge is 0.480 e. The van der Waals surface area contributed by atoms with Crippen LogP contribution in [0.3, 0.4) is 0 Å². The summed E-state index contributed by atoms with van der Waals surface area (Å²) < 4.78 is 4.92. The molecule has 0 aliphatic heterocycles. The molecule has 2 N–H and O–H groups in total. The molecule has 1 unspecified atom stereocenters. The summed E-state index contributed by atoms with van der Waals surface area (Å²) in [4.78, 5) is 23.5. The van der Waals surface area contributed by atoms with Gasteiger partial charge in [0.1, 0.15) is 0 Å². The van der Waals surface area contributed by atoms with Crippen LogP contribution in [0.5, 0.6) is 0 Å². The number of aliphatic hydroxyl groups excluding tert-OH is 1. The number of hydrogen-bond donors (Lipinski definition) is 2. The second kappa shape index (κ2) is 8.08. The molecule has 0 bridgehead atoms. The van der Waals surface area contributed by atoms with E-state index in [0.29, 0.717) is 19.3 Å². The van der Waals surface area contributed by atoms with Gasteiger partial charge in [-0.15, -0.1) is 0 Å². The number of carbonyl (C=O) groups is 2. The fourth-order valence-electron chi connectivity index (χ4n) is 2.02. The van der Waals surface area contributed by atoms with Crippen LogP contribution in [0.1, 0.15) is 46.5 Å². The Hall–Kier alpha value is -1.10. The predicted molar refractivity (Wildman–Crippen MR) is 67.1 cm³/mol. The number of aliphatic carboxylic acids is 1. The van der Waals surface area contributed by atoms with Gasteiger partial charge in [0.25, 0.3) is 0 Å². The molecule has 0 saturated carbocycles. The highest BCUT2D eigenvalue weighted by Gasteiger charge is 2.49. The number of aliphatic hydroxyl groups is 1. The predicted octanol–water partition coefficient (Wildman–Crippen LogP) is 1.83. The SMILES string of the molecule is CCOC(=O)C(CCCCCO)(C(=O)O)C(C)C. The highest BCUT2D eigenvalue weighted by molar-refractivity contribution is 5.99. The molecule has 5 heteroatoms. The van der Waals surface area contributed by atoms with E-state index < -0.39 is 17.4 Å². The fourth-order valence-corrected chi connectivity index (χ4v) is 2.02. The van der Waals surface area contributed by atoms with Crippen molar-refractivity contribution in [3.05, 3.63) is 0 Å². The number of carbonyl (C=O) groups excluding carboxylic acids is 1. The van der Waals surface area contributed by atoms with E-state index in [1.807, 2.05) is 0 Å². The van der Waals surface area contributed by atoms with Crippen molar-refractivity contribution in [3.63, 3.8) is 0 Å². The van der Waals surface area contributed by atoms with E-state index >= 15 is 0 Å². The van der Waals surface area contributed by atoms with Gasteiger partial charge in [0.2, 0.25) is 0 Å². The van der Waals surface area contributed by atoms with Crippen LogP contribution in [0.15, 0.2) is 0 Å². The third-order valence-electron chi connectivity index (χ3n) is 3.24. The summed E-state index contributed by atoms with van der Waals surface area (Å²) in [5.74, 6) is -2.11. The summed E-state index contributed by atoms with van der Waals surface area (Å²) in [6, 6.07) is 0. The molecule has 18 heavy (non-hydrogen) atoms. The van der Waals surface area contributed by atoms with Gasteiger partial charge < -0.3 is 14.9 Å². The zero-order valence-corrected chi connectivity index (χ0v) is 11.4. The summed E-state index contributed by atoms with van der Waals surface area (Å²) in [5.41, 5.74) is -1.47. The molecule has 0 aromatic carbocycles. The average molecular weight is 260 g/mol. The minimum Gasteiger partial charge on any atom is -0.480 e. The molecule has 0 saturated heterocycles. The van der Waals surface area contributed by atoms with Crippen LogP contribution in [-0.4, -0.2) is 35.4 Å². The van der Waals surface area contributed by atoms with Crippen molar-refractivity contribution in [2.45, 2.75) is 46.5 Å². The first-order valence-corrected chi connectivity index (χ1v) is 6.44. The maximum Gasteiger partial charge on any atom is 0.323 e. The van der Waals surface area contributed by atoms with Crippen molar-refractivity contribution in [3.8, 4) is 0 Å². The van der Waals surface area contributed by atoms with Gasteiger partial charge >= 0.3 is 11.9 Å². The second-order valence-electron chi connectivity index (χ2n) is 4.69. The number of carboxylic acid groups (broad SMARTS) is 1. The fraction of sp³-hybridized carbons (Fsp3) is 0.846. The zero-order chi connectivity index (χ0) is 14.2. The van der Waals surface area contributed by atoms with Gasteiger partial charge in [-0.25, -0.2) is 0 Å². The van der Waals surface area contributed by atoms with Gasteiger partial charge in [-0.1, -0.05) is 26.7 Å². The molecule has 0 rings (SSSR count). The summed E-state index contributed by atoms with van der Waals surface area (Å²) in [5, 5.41) is 18.1. The van der Waals surface area contributed by atoms with Gasteiger partial charge in [-0.05, 0) is 25.7 Å².